The first-order chi connectivity index (χ1) is 8.67. The molecule has 0 aromatic carbocycles. The van der Waals surface area contributed by atoms with Gasteiger partial charge >= 0.3 is 0 Å². The second-order valence-electron chi connectivity index (χ2n) is 5.31. The Bertz CT molecular complexity index is 400. The molecule has 2 atom stereocenters. The van der Waals surface area contributed by atoms with Crippen molar-refractivity contribution in [1.29, 1.82) is 0 Å². The zero-order valence-electron chi connectivity index (χ0n) is 11.8. The van der Waals surface area contributed by atoms with Crippen LogP contribution in [-0.2, 0) is 13.6 Å². The molecule has 4 nitrogen and oxygen atoms in total. The van der Waals surface area contributed by atoms with E-state index >= 15 is 0 Å². The molecule has 0 spiro atoms. The molecule has 0 bridgehead atoms. The minimum absolute atomic E-state index is 0.337. The van der Waals surface area contributed by atoms with E-state index < -0.39 is 0 Å². The molecule has 1 fully saturated rings. The van der Waals surface area contributed by atoms with Gasteiger partial charge < -0.3 is 10.5 Å². The van der Waals surface area contributed by atoms with Crippen LogP contribution in [0.5, 0.6) is 5.88 Å². The van der Waals surface area contributed by atoms with Crippen LogP contribution in [0.25, 0.3) is 0 Å². The summed E-state index contributed by atoms with van der Waals surface area (Å²) in [6.07, 6.45) is 6.59. The van der Waals surface area contributed by atoms with Gasteiger partial charge in [-0.1, -0.05) is 13.3 Å². The van der Waals surface area contributed by atoms with Crippen LogP contribution in [0.2, 0.25) is 0 Å². The predicted octanol–water partition coefficient (Wildman–Crippen LogP) is 2.53. The summed E-state index contributed by atoms with van der Waals surface area (Å²) in [5.74, 6) is 1.56. The van der Waals surface area contributed by atoms with Gasteiger partial charge in [0.25, 0.3) is 0 Å². The summed E-state index contributed by atoms with van der Waals surface area (Å²) in [6, 6.07) is 0. The number of nitrogens with zero attached hydrogens (tertiary/aromatic N) is 2. The minimum atomic E-state index is 0.337. The van der Waals surface area contributed by atoms with Gasteiger partial charge in [-0.05, 0) is 38.5 Å². The van der Waals surface area contributed by atoms with E-state index in [2.05, 4.69) is 12.0 Å². The standard InChI is InChI=1S/C14H25N3O/c1-4-11-7-5-6-8-13(11)18-14-12(9-15)10(2)16-17(14)3/h11,13H,4-9,15H2,1-3H3. The summed E-state index contributed by atoms with van der Waals surface area (Å²) >= 11 is 0. The van der Waals surface area contributed by atoms with Gasteiger partial charge in [0, 0.05) is 13.6 Å². The molecule has 0 radical (unpaired) electrons. The molecule has 2 rings (SSSR count). The molecule has 0 aliphatic heterocycles. The maximum atomic E-state index is 6.25. The van der Waals surface area contributed by atoms with E-state index in [1.165, 1.54) is 25.7 Å². The van der Waals surface area contributed by atoms with Gasteiger partial charge in [-0.15, -0.1) is 0 Å². The number of hydrogen-bond donors (Lipinski definition) is 1. The Labute approximate surface area is 110 Å². The molecule has 0 amide bonds. The number of hydrogen-bond acceptors (Lipinski definition) is 3. The first-order valence-corrected chi connectivity index (χ1v) is 7.06. The van der Waals surface area contributed by atoms with E-state index in [1.807, 2.05) is 18.7 Å². The van der Waals surface area contributed by atoms with Crippen molar-refractivity contribution in [2.75, 3.05) is 0 Å². The van der Waals surface area contributed by atoms with Crippen LogP contribution < -0.4 is 10.5 Å². The Morgan fingerprint density at radius 3 is 2.78 bits per heavy atom. The third-order valence-electron chi connectivity index (χ3n) is 4.12. The average molecular weight is 251 g/mol. The van der Waals surface area contributed by atoms with Crippen LogP contribution >= 0.6 is 0 Å². The quantitative estimate of drug-likeness (QED) is 0.894. The second-order valence-corrected chi connectivity index (χ2v) is 5.31. The molecule has 18 heavy (non-hydrogen) atoms. The normalized spacial score (nSPS) is 24.2. The highest BCUT2D eigenvalue weighted by Crippen LogP contribution is 2.32. The maximum Gasteiger partial charge on any atom is 0.216 e. The van der Waals surface area contributed by atoms with Gasteiger partial charge in [0.15, 0.2) is 0 Å². The van der Waals surface area contributed by atoms with Gasteiger partial charge in [-0.2, -0.15) is 5.10 Å². The van der Waals surface area contributed by atoms with Crippen molar-refractivity contribution >= 4 is 0 Å². The first kappa shape index (κ1) is 13.4. The van der Waals surface area contributed by atoms with E-state index in [-0.39, 0.29) is 0 Å². The van der Waals surface area contributed by atoms with Crippen molar-refractivity contribution in [2.24, 2.45) is 18.7 Å². The zero-order chi connectivity index (χ0) is 13.1. The molecule has 1 saturated carbocycles. The van der Waals surface area contributed by atoms with Gasteiger partial charge in [-0.25, -0.2) is 4.68 Å². The van der Waals surface area contributed by atoms with Crippen LogP contribution in [-0.4, -0.2) is 15.9 Å². The van der Waals surface area contributed by atoms with E-state index in [1.54, 1.807) is 0 Å². The SMILES string of the molecule is CCC1CCCCC1Oc1c(CN)c(C)nn1C. The zero-order valence-corrected chi connectivity index (χ0v) is 11.8. The molecule has 2 N–H and O–H groups in total. The number of aromatic nitrogens is 2. The molecular weight excluding hydrogens is 226 g/mol. The van der Waals surface area contributed by atoms with Crippen LogP contribution in [0, 0.1) is 12.8 Å². The molecule has 2 unspecified atom stereocenters. The van der Waals surface area contributed by atoms with Crippen molar-refractivity contribution in [3.8, 4) is 5.88 Å². The fraction of sp³-hybridized carbons (Fsp3) is 0.786. The fourth-order valence-corrected chi connectivity index (χ4v) is 3.00. The van der Waals surface area contributed by atoms with Crippen LogP contribution in [0.1, 0.15) is 50.3 Å². The molecule has 1 aromatic heterocycles. The van der Waals surface area contributed by atoms with Gasteiger partial charge in [0.1, 0.15) is 6.10 Å². The summed E-state index contributed by atoms with van der Waals surface area (Å²) in [7, 11) is 1.94. The third-order valence-corrected chi connectivity index (χ3v) is 4.12. The van der Waals surface area contributed by atoms with Crippen LogP contribution in [0.15, 0.2) is 0 Å². The lowest BCUT2D eigenvalue weighted by Gasteiger charge is -2.31. The Kier molecular flexibility index (Phi) is 4.27. The smallest absolute Gasteiger partial charge is 0.216 e. The van der Waals surface area contributed by atoms with Crippen molar-refractivity contribution in [2.45, 2.75) is 58.6 Å². The molecule has 0 saturated heterocycles. The lowest BCUT2D eigenvalue weighted by atomic mass is 9.85. The van der Waals surface area contributed by atoms with Crippen LogP contribution in [0.3, 0.4) is 0 Å². The van der Waals surface area contributed by atoms with Crippen LogP contribution in [0.4, 0.5) is 0 Å². The Hall–Kier alpha value is -1.03. The molecule has 1 heterocycles. The number of nitrogens with two attached hydrogens (primary N) is 1. The topological polar surface area (TPSA) is 53.1 Å². The molecule has 102 valence electrons. The highest BCUT2D eigenvalue weighted by molar-refractivity contribution is 5.30. The van der Waals surface area contributed by atoms with E-state index in [9.17, 15) is 0 Å². The predicted molar refractivity (Wildman–Crippen MR) is 72.5 cm³/mol. The van der Waals surface area contributed by atoms with Crippen molar-refractivity contribution in [3.05, 3.63) is 11.3 Å². The average Bonchev–Trinajstić information content (AvgIpc) is 2.64. The summed E-state index contributed by atoms with van der Waals surface area (Å²) in [5, 5.41) is 4.41. The lowest BCUT2D eigenvalue weighted by molar-refractivity contribution is 0.0806. The van der Waals surface area contributed by atoms with Crippen molar-refractivity contribution in [3.63, 3.8) is 0 Å². The van der Waals surface area contributed by atoms with Gasteiger partial charge in [0.2, 0.25) is 5.88 Å². The fourth-order valence-electron chi connectivity index (χ4n) is 3.00. The summed E-state index contributed by atoms with van der Waals surface area (Å²) in [5.41, 5.74) is 7.84. The van der Waals surface area contributed by atoms with E-state index in [0.29, 0.717) is 18.6 Å². The van der Waals surface area contributed by atoms with Crippen molar-refractivity contribution < 1.29 is 4.74 Å². The highest BCUT2D eigenvalue weighted by Gasteiger charge is 2.27. The van der Waals surface area contributed by atoms with Gasteiger partial charge in [-0.3, -0.25) is 0 Å². The molecule has 1 aliphatic rings. The largest absolute Gasteiger partial charge is 0.474 e. The Morgan fingerprint density at radius 2 is 2.11 bits per heavy atom. The summed E-state index contributed by atoms with van der Waals surface area (Å²) < 4.78 is 8.09. The monoisotopic (exact) mass is 251 g/mol. The van der Waals surface area contributed by atoms with Gasteiger partial charge in [0.05, 0.1) is 11.3 Å². The van der Waals surface area contributed by atoms with Crippen molar-refractivity contribution in [1.82, 2.24) is 9.78 Å². The number of ether oxygens (including phenoxy) is 1. The van der Waals surface area contributed by atoms with E-state index in [4.69, 9.17) is 10.5 Å². The lowest BCUT2D eigenvalue weighted by Crippen LogP contribution is -2.31. The third kappa shape index (κ3) is 2.53. The van der Waals surface area contributed by atoms with E-state index in [0.717, 1.165) is 23.6 Å². The number of rotatable bonds is 4. The number of aryl methyl sites for hydroxylation is 2. The summed E-state index contributed by atoms with van der Waals surface area (Å²) in [6.45, 7) is 4.75. The molecule has 1 aromatic rings. The minimum Gasteiger partial charge on any atom is -0.474 e. The Morgan fingerprint density at radius 1 is 1.39 bits per heavy atom. The second kappa shape index (κ2) is 5.74. The molecular formula is C14H25N3O. The maximum absolute atomic E-state index is 6.25. The summed E-state index contributed by atoms with van der Waals surface area (Å²) in [4.78, 5) is 0. The molecule has 4 heteroatoms. The molecule has 1 aliphatic carbocycles. The first-order valence-electron chi connectivity index (χ1n) is 7.06. The Balaban J connectivity index is 2.17. The highest BCUT2D eigenvalue weighted by atomic mass is 16.5.